The lowest BCUT2D eigenvalue weighted by Crippen LogP contribution is -2.43. The number of likely N-dealkylation sites (tertiary alicyclic amines) is 1. The molecule has 2 rings (SSSR count). The molecule has 1 atom stereocenters. The van der Waals surface area contributed by atoms with Gasteiger partial charge >= 0.3 is 0 Å². The minimum absolute atomic E-state index is 0.667. The first-order valence-corrected chi connectivity index (χ1v) is 8.39. The zero-order chi connectivity index (χ0) is 15.9. The molecule has 4 nitrogen and oxygen atoms in total. The third-order valence-corrected chi connectivity index (χ3v) is 4.39. The van der Waals surface area contributed by atoms with Crippen LogP contribution in [0.25, 0.3) is 0 Å². The maximum Gasteiger partial charge on any atom is 0.191 e. The van der Waals surface area contributed by atoms with Crippen LogP contribution in [0.3, 0.4) is 0 Å². The van der Waals surface area contributed by atoms with Crippen LogP contribution in [-0.4, -0.2) is 42.4 Å². The fraction of sp³-hybridized carbons (Fsp3) is 0.611. The number of guanidine groups is 1. The van der Waals surface area contributed by atoms with Crippen molar-refractivity contribution in [2.45, 2.75) is 39.8 Å². The number of nitrogens with two attached hydrogens (primary N) is 1. The number of benzene rings is 1. The molecule has 0 amide bonds. The van der Waals surface area contributed by atoms with Crippen molar-refractivity contribution in [2.24, 2.45) is 16.6 Å². The topological polar surface area (TPSA) is 44.9 Å². The summed E-state index contributed by atoms with van der Waals surface area (Å²) in [5.41, 5.74) is 8.73. The third-order valence-electron chi connectivity index (χ3n) is 4.39. The summed E-state index contributed by atoms with van der Waals surface area (Å²) in [6.45, 7) is 9.25. The van der Waals surface area contributed by atoms with E-state index in [1.807, 2.05) is 0 Å². The number of piperidine rings is 1. The van der Waals surface area contributed by atoms with E-state index in [2.05, 4.69) is 60.0 Å². The van der Waals surface area contributed by atoms with Crippen LogP contribution in [0.2, 0.25) is 0 Å². The summed E-state index contributed by atoms with van der Waals surface area (Å²) in [6, 6.07) is 8.66. The molecule has 1 aliphatic rings. The van der Waals surface area contributed by atoms with Crippen molar-refractivity contribution in [1.82, 2.24) is 9.80 Å². The lowest BCUT2D eigenvalue weighted by molar-refractivity contribution is 0.270. The Morgan fingerprint density at radius 3 is 2.91 bits per heavy atom. The highest BCUT2D eigenvalue weighted by Crippen LogP contribution is 2.15. The molecule has 1 heterocycles. The molecule has 1 aromatic rings. The van der Waals surface area contributed by atoms with Gasteiger partial charge in [0.25, 0.3) is 0 Å². The first kappa shape index (κ1) is 16.8. The molecule has 0 aromatic heterocycles. The van der Waals surface area contributed by atoms with Gasteiger partial charge in [-0.15, -0.1) is 0 Å². The van der Waals surface area contributed by atoms with E-state index in [0.717, 1.165) is 32.1 Å². The molecule has 0 saturated carbocycles. The predicted molar refractivity (Wildman–Crippen MR) is 93.7 cm³/mol. The van der Waals surface area contributed by atoms with Gasteiger partial charge in [-0.1, -0.05) is 38.1 Å². The van der Waals surface area contributed by atoms with E-state index in [9.17, 15) is 0 Å². The molecule has 1 fully saturated rings. The van der Waals surface area contributed by atoms with E-state index < -0.39 is 0 Å². The smallest absolute Gasteiger partial charge is 0.191 e. The fourth-order valence-corrected chi connectivity index (χ4v) is 2.92. The van der Waals surface area contributed by atoms with E-state index in [1.54, 1.807) is 0 Å². The highest BCUT2D eigenvalue weighted by molar-refractivity contribution is 5.78. The van der Waals surface area contributed by atoms with Gasteiger partial charge in [-0.3, -0.25) is 0 Å². The Bertz CT molecular complexity index is 498. The summed E-state index contributed by atoms with van der Waals surface area (Å²) in [5.74, 6) is 1.41. The van der Waals surface area contributed by atoms with Crippen molar-refractivity contribution >= 4 is 5.96 Å². The van der Waals surface area contributed by atoms with Gasteiger partial charge in [0.05, 0.1) is 6.54 Å². The van der Waals surface area contributed by atoms with Crippen LogP contribution in [0.1, 0.15) is 37.8 Å². The third kappa shape index (κ3) is 5.02. The number of hydrogen-bond donors (Lipinski definition) is 1. The Labute approximate surface area is 135 Å². The highest BCUT2D eigenvalue weighted by Gasteiger charge is 2.17. The van der Waals surface area contributed by atoms with Crippen LogP contribution in [0.5, 0.6) is 0 Å². The SMILES string of the molecule is CCN(C)Cc1cccc(CN=C(N)N2CCCC(C)C2)c1. The predicted octanol–water partition coefficient (Wildman–Crippen LogP) is 2.68. The monoisotopic (exact) mass is 302 g/mol. The van der Waals surface area contributed by atoms with Gasteiger partial charge in [0.15, 0.2) is 5.96 Å². The lowest BCUT2D eigenvalue weighted by Gasteiger charge is -2.31. The lowest BCUT2D eigenvalue weighted by atomic mass is 10.0. The number of rotatable bonds is 5. The van der Waals surface area contributed by atoms with Gasteiger partial charge in [0.2, 0.25) is 0 Å². The van der Waals surface area contributed by atoms with Gasteiger partial charge in [-0.25, -0.2) is 4.99 Å². The molecule has 0 bridgehead atoms. The van der Waals surface area contributed by atoms with Crippen molar-refractivity contribution < 1.29 is 0 Å². The molecule has 122 valence electrons. The average Bonchev–Trinajstić information content (AvgIpc) is 2.53. The Hall–Kier alpha value is -1.55. The van der Waals surface area contributed by atoms with Crippen LogP contribution >= 0.6 is 0 Å². The standard InChI is InChI=1S/C18H30N4/c1-4-21(3)14-17-9-5-8-16(11-17)12-20-18(19)22-10-6-7-15(2)13-22/h5,8-9,11,15H,4,6-7,10,12-14H2,1-3H3,(H2,19,20). The van der Waals surface area contributed by atoms with E-state index in [0.29, 0.717) is 12.5 Å². The average molecular weight is 302 g/mol. The first-order valence-electron chi connectivity index (χ1n) is 8.39. The zero-order valence-corrected chi connectivity index (χ0v) is 14.3. The maximum atomic E-state index is 6.17. The van der Waals surface area contributed by atoms with Crippen LogP contribution in [0.15, 0.2) is 29.3 Å². The van der Waals surface area contributed by atoms with Crippen LogP contribution in [0.4, 0.5) is 0 Å². The van der Waals surface area contributed by atoms with E-state index in [1.165, 1.54) is 24.0 Å². The van der Waals surface area contributed by atoms with Gasteiger partial charge < -0.3 is 15.5 Å². The van der Waals surface area contributed by atoms with Gasteiger partial charge in [-0.2, -0.15) is 0 Å². The maximum absolute atomic E-state index is 6.17. The Kier molecular flexibility index (Phi) is 6.25. The molecule has 1 aromatic carbocycles. The van der Waals surface area contributed by atoms with E-state index in [-0.39, 0.29) is 0 Å². The fourth-order valence-electron chi connectivity index (χ4n) is 2.92. The largest absolute Gasteiger partial charge is 0.370 e. The van der Waals surface area contributed by atoms with Crippen LogP contribution in [-0.2, 0) is 13.1 Å². The van der Waals surface area contributed by atoms with Crippen molar-refractivity contribution in [3.63, 3.8) is 0 Å². The minimum atomic E-state index is 0.667. The summed E-state index contributed by atoms with van der Waals surface area (Å²) in [4.78, 5) is 9.12. The molecule has 1 aliphatic heterocycles. The Morgan fingerprint density at radius 2 is 2.18 bits per heavy atom. The Morgan fingerprint density at radius 1 is 1.41 bits per heavy atom. The van der Waals surface area contributed by atoms with Crippen molar-refractivity contribution in [2.75, 3.05) is 26.7 Å². The second-order valence-corrected chi connectivity index (χ2v) is 6.52. The summed E-state index contributed by atoms with van der Waals surface area (Å²) in [7, 11) is 2.14. The van der Waals surface area contributed by atoms with E-state index in [4.69, 9.17) is 5.73 Å². The number of hydrogen-bond acceptors (Lipinski definition) is 2. The Balaban J connectivity index is 1.95. The summed E-state index contributed by atoms with van der Waals surface area (Å²) < 4.78 is 0. The van der Waals surface area contributed by atoms with Gasteiger partial charge in [0, 0.05) is 19.6 Å². The van der Waals surface area contributed by atoms with Crippen molar-refractivity contribution in [3.8, 4) is 0 Å². The molecule has 1 saturated heterocycles. The number of nitrogens with zero attached hydrogens (tertiary/aromatic N) is 3. The van der Waals surface area contributed by atoms with E-state index >= 15 is 0 Å². The quantitative estimate of drug-likeness (QED) is 0.672. The minimum Gasteiger partial charge on any atom is -0.370 e. The summed E-state index contributed by atoms with van der Waals surface area (Å²) >= 11 is 0. The molecule has 1 unspecified atom stereocenters. The molecular weight excluding hydrogens is 272 g/mol. The molecule has 4 heteroatoms. The highest BCUT2D eigenvalue weighted by atomic mass is 15.3. The normalized spacial score (nSPS) is 19.7. The molecular formula is C18H30N4. The van der Waals surface area contributed by atoms with Gasteiger partial charge in [-0.05, 0) is 43.5 Å². The second kappa shape index (κ2) is 8.18. The molecule has 22 heavy (non-hydrogen) atoms. The molecule has 2 N–H and O–H groups in total. The number of aliphatic imine (C=N–C) groups is 1. The summed E-state index contributed by atoms with van der Waals surface area (Å²) in [5, 5.41) is 0. The molecule has 0 radical (unpaired) electrons. The second-order valence-electron chi connectivity index (χ2n) is 6.52. The zero-order valence-electron chi connectivity index (χ0n) is 14.3. The van der Waals surface area contributed by atoms with Crippen molar-refractivity contribution in [3.05, 3.63) is 35.4 Å². The van der Waals surface area contributed by atoms with Gasteiger partial charge in [0.1, 0.15) is 0 Å². The van der Waals surface area contributed by atoms with Crippen molar-refractivity contribution in [1.29, 1.82) is 0 Å². The first-order chi connectivity index (χ1) is 10.6. The molecule has 0 aliphatic carbocycles. The van der Waals surface area contributed by atoms with Crippen LogP contribution < -0.4 is 5.73 Å². The summed E-state index contributed by atoms with van der Waals surface area (Å²) in [6.07, 6.45) is 2.52. The van der Waals surface area contributed by atoms with Crippen LogP contribution in [0, 0.1) is 5.92 Å². The molecule has 0 spiro atoms.